The topological polar surface area (TPSA) is 52.7 Å². The average Bonchev–Trinajstić information content (AvgIpc) is 2.73. The second-order valence-electron chi connectivity index (χ2n) is 8.53. The van der Waals surface area contributed by atoms with Crippen LogP contribution in [0.25, 0.3) is 0 Å². The van der Waals surface area contributed by atoms with E-state index in [-0.39, 0.29) is 18.4 Å². The fraction of sp³-hybridized carbons (Fsp3) is 0.440. The van der Waals surface area contributed by atoms with E-state index >= 15 is 0 Å². The number of nitrogens with one attached hydrogen (secondary N) is 1. The van der Waals surface area contributed by atoms with Crippen molar-refractivity contribution < 1.29 is 9.59 Å². The molecule has 5 heteroatoms. The van der Waals surface area contributed by atoms with Gasteiger partial charge in [-0.2, -0.15) is 0 Å². The molecule has 1 fully saturated rings. The number of carbonyl (C=O) groups is 2. The maximum absolute atomic E-state index is 12.6. The summed E-state index contributed by atoms with van der Waals surface area (Å²) in [6.07, 6.45) is 3.33. The largest absolute Gasteiger partial charge is 0.335 e. The van der Waals surface area contributed by atoms with Gasteiger partial charge in [-0.05, 0) is 74.9 Å². The van der Waals surface area contributed by atoms with Crippen LogP contribution in [-0.4, -0.2) is 54.8 Å². The zero-order valence-corrected chi connectivity index (χ0v) is 18.4. The third kappa shape index (κ3) is 6.42. The van der Waals surface area contributed by atoms with Crippen molar-refractivity contribution in [3.05, 3.63) is 65.2 Å². The van der Waals surface area contributed by atoms with Crippen molar-refractivity contribution in [2.24, 2.45) is 5.92 Å². The van der Waals surface area contributed by atoms with Crippen LogP contribution in [0, 0.1) is 19.8 Å². The summed E-state index contributed by atoms with van der Waals surface area (Å²) in [5.74, 6) is 0.508. The second kappa shape index (κ2) is 10.4. The lowest BCUT2D eigenvalue weighted by atomic mass is 9.90. The Morgan fingerprint density at radius 3 is 2.47 bits per heavy atom. The van der Waals surface area contributed by atoms with Gasteiger partial charge >= 0.3 is 0 Å². The number of anilines is 1. The summed E-state index contributed by atoms with van der Waals surface area (Å²) in [6.45, 7) is 6.28. The third-order valence-electron chi connectivity index (χ3n) is 5.91. The van der Waals surface area contributed by atoms with E-state index in [1.807, 2.05) is 32.0 Å². The number of benzene rings is 2. The van der Waals surface area contributed by atoms with E-state index in [0.29, 0.717) is 12.5 Å². The van der Waals surface area contributed by atoms with Gasteiger partial charge in [0.25, 0.3) is 0 Å². The second-order valence-corrected chi connectivity index (χ2v) is 8.53. The molecule has 30 heavy (non-hydrogen) atoms. The van der Waals surface area contributed by atoms with Gasteiger partial charge in [-0.15, -0.1) is 0 Å². The highest BCUT2D eigenvalue weighted by Crippen LogP contribution is 2.21. The highest BCUT2D eigenvalue weighted by molar-refractivity contribution is 5.95. The van der Waals surface area contributed by atoms with Crippen LogP contribution in [0.1, 0.15) is 29.5 Å². The summed E-state index contributed by atoms with van der Waals surface area (Å²) in [6, 6.07) is 16.6. The molecule has 0 aliphatic carbocycles. The quantitative estimate of drug-likeness (QED) is 0.762. The molecule has 1 saturated heterocycles. The summed E-state index contributed by atoms with van der Waals surface area (Å²) >= 11 is 0. The lowest BCUT2D eigenvalue weighted by Gasteiger charge is -2.32. The van der Waals surface area contributed by atoms with Crippen molar-refractivity contribution >= 4 is 17.5 Å². The monoisotopic (exact) mass is 407 g/mol. The molecule has 2 aromatic rings. The van der Waals surface area contributed by atoms with Gasteiger partial charge in [0.1, 0.15) is 0 Å². The molecule has 1 N–H and O–H groups in total. The fourth-order valence-corrected chi connectivity index (χ4v) is 3.97. The van der Waals surface area contributed by atoms with E-state index in [9.17, 15) is 9.59 Å². The predicted octanol–water partition coefficient (Wildman–Crippen LogP) is 3.66. The Kier molecular flexibility index (Phi) is 7.63. The lowest BCUT2D eigenvalue weighted by Crippen LogP contribution is -2.44. The molecule has 0 bridgehead atoms. The van der Waals surface area contributed by atoms with Crippen LogP contribution >= 0.6 is 0 Å². The lowest BCUT2D eigenvalue weighted by molar-refractivity contribution is -0.134. The molecule has 0 radical (unpaired) electrons. The van der Waals surface area contributed by atoms with Gasteiger partial charge in [0.2, 0.25) is 11.8 Å². The predicted molar refractivity (Wildman–Crippen MR) is 121 cm³/mol. The van der Waals surface area contributed by atoms with Gasteiger partial charge in [0.15, 0.2) is 0 Å². The van der Waals surface area contributed by atoms with Crippen LogP contribution in [0.3, 0.4) is 0 Å². The first-order valence-electron chi connectivity index (χ1n) is 10.8. The smallest absolute Gasteiger partial charge is 0.243 e. The van der Waals surface area contributed by atoms with E-state index in [2.05, 4.69) is 40.5 Å². The summed E-state index contributed by atoms with van der Waals surface area (Å²) < 4.78 is 0. The minimum absolute atomic E-state index is 0.00683. The number of aryl methyl sites for hydroxylation is 2. The number of piperidine rings is 1. The zero-order valence-electron chi connectivity index (χ0n) is 18.4. The van der Waals surface area contributed by atoms with Crippen LogP contribution < -0.4 is 5.32 Å². The molecule has 5 nitrogen and oxygen atoms in total. The maximum Gasteiger partial charge on any atom is 0.243 e. The molecule has 0 aromatic heterocycles. The van der Waals surface area contributed by atoms with Crippen molar-refractivity contribution in [1.29, 1.82) is 0 Å². The van der Waals surface area contributed by atoms with Gasteiger partial charge in [-0.1, -0.05) is 42.5 Å². The van der Waals surface area contributed by atoms with E-state index in [4.69, 9.17) is 0 Å². The van der Waals surface area contributed by atoms with Gasteiger partial charge in [-0.3, -0.25) is 14.5 Å². The molecular weight excluding hydrogens is 374 g/mol. The van der Waals surface area contributed by atoms with E-state index < -0.39 is 0 Å². The summed E-state index contributed by atoms with van der Waals surface area (Å²) in [4.78, 5) is 28.7. The number of hydrogen-bond donors (Lipinski definition) is 1. The molecule has 1 aliphatic heterocycles. The normalized spacial score (nSPS) is 15.0. The molecule has 0 saturated carbocycles. The Morgan fingerprint density at radius 1 is 1.07 bits per heavy atom. The molecular formula is C25H33N3O2. The highest BCUT2D eigenvalue weighted by Gasteiger charge is 2.23. The van der Waals surface area contributed by atoms with Crippen LogP contribution in [-0.2, 0) is 16.0 Å². The zero-order chi connectivity index (χ0) is 21.5. The van der Waals surface area contributed by atoms with E-state index in [1.54, 1.807) is 7.05 Å². The Bertz CT molecular complexity index is 858. The Labute approximate surface area is 180 Å². The standard InChI is InChI=1S/C25H33N3O2/c1-19-9-10-20(2)23(15-19)26-24(29)17-27(3)25(30)18-28-13-11-22(12-14-28)16-21-7-5-4-6-8-21/h4-10,15,22H,11-14,16-18H2,1-3H3,(H,26,29). The van der Waals surface area contributed by atoms with Gasteiger partial charge in [0.05, 0.1) is 13.1 Å². The molecule has 1 aliphatic rings. The molecule has 160 valence electrons. The van der Waals surface area contributed by atoms with E-state index in [0.717, 1.165) is 49.2 Å². The Hall–Kier alpha value is -2.66. The Balaban J connectivity index is 1.41. The average molecular weight is 408 g/mol. The first-order chi connectivity index (χ1) is 14.4. The van der Waals surface area contributed by atoms with Crippen molar-refractivity contribution in [3.63, 3.8) is 0 Å². The summed E-state index contributed by atoms with van der Waals surface area (Å²) in [7, 11) is 1.70. The third-order valence-corrected chi connectivity index (χ3v) is 5.91. The molecule has 0 spiro atoms. The number of nitrogens with zero attached hydrogens (tertiary/aromatic N) is 2. The van der Waals surface area contributed by atoms with Crippen LogP contribution in [0.4, 0.5) is 5.69 Å². The van der Waals surface area contributed by atoms with Crippen molar-refractivity contribution in [2.45, 2.75) is 33.1 Å². The first-order valence-corrected chi connectivity index (χ1v) is 10.8. The number of likely N-dealkylation sites (N-methyl/N-ethyl adjacent to an activating group) is 1. The fourth-order valence-electron chi connectivity index (χ4n) is 3.97. The van der Waals surface area contributed by atoms with Gasteiger partial charge < -0.3 is 10.2 Å². The van der Waals surface area contributed by atoms with Gasteiger partial charge in [-0.25, -0.2) is 0 Å². The molecule has 2 aromatic carbocycles. The van der Waals surface area contributed by atoms with Crippen LogP contribution in [0.2, 0.25) is 0 Å². The number of rotatable bonds is 7. The molecule has 3 rings (SSSR count). The molecule has 0 unspecified atom stereocenters. The minimum Gasteiger partial charge on any atom is -0.335 e. The van der Waals surface area contributed by atoms with Crippen molar-refractivity contribution in [1.82, 2.24) is 9.80 Å². The van der Waals surface area contributed by atoms with Crippen molar-refractivity contribution in [2.75, 3.05) is 38.5 Å². The first kappa shape index (κ1) is 22.0. The summed E-state index contributed by atoms with van der Waals surface area (Å²) in [5, 5.41) is 2.92. The maximum atomic E-state index is 12.6. The van der Waals surface area contributed by atoms with Gasteiger partial charge in [0, 0.05) is 12.7 Å². The Morgan fingerprint density at radius 2 is 1.77 bits per heavy atom. The molecule has 2 amide bonds. The van der Waals surface area contributed by atoms with Crippen LogP contribution in [0.5, 0.6) is 0 Å². The molecule has 1 heterocycles. The number of carbonyl (C=O) groups excluding carboxylic acids is 2. The number of hydrogen-bond acceptors (Lipinski definition) is 3. The minimum atomic E-state index is -0.166. The highest BCUT2D eigenvalue weighted by atomic mass is 16.2. The van der Waals surface area contributed by atoms with Crippen molar-refractivity contribution in [3.8, 4) is 0 Å². The van der Waals surface area contributed by atoms with E-state index in [1.165, 1.54) is 10.5 Å². The number of likely N-dealkylation sites (tertiary alicyclic amines) is 1. The SMILES string of the molecule is Cc1ccc(C)c(NC(=O)CN(C)C(=O)CN2CCC(Cc3ccccc3)CC2)c1. The van der Waals surface area contributed by atoms with Crippen LogP contribution in [0.15, 0.2) is 48.5 Å². The number of amides is 2. The molecule has 0 atom stereocenters. The summed E-state index contributed by atoms with van der Waals surface area (Å²) in [5.41, 5.74) is 4.31.